The Bertz CT molecular complexity index is 463. The van der Waals surface area contributed by atoms with Crippen LogP contribution in [0.1, 0.15) is 19.3 Å². The number of hydrogen-bond acceptors (Lipinski definition) is 3. The number of aliphatic hydroxyl groups is 1. The summed E-state index contributed by atoms with van der Waals surface area (Å²) < 4.78 is 0. The minimum atomic E-state index is -0.593. The van der Waals surface area contributed by atoms with Crippen molar-refractivity contribution in [3.8, 4) is 0 Å². The molecule has 0 aromatic rings. The normalized spacial score (nSPS) is 35.5. The van der Waals surface area contributed by atoms with Gasteiger partial charge < -0.3 is 20.1 Å². The first-order chi connectivity index (χ1) is 9.15. The number of fused-ring (bicyclic) bond motifs is 1. The van der Waals surface area contributed by atoms with Gasteiger partial charge in [-0.25, -0.2) is 0 Å². The van der Waals surface area contributed by atoms with E-state index in [0.29, 0.717) is 12.8 Å². The van der Waals surface area contributed by atoms with E-state index in [0.717, 1.165) is 6.42 Å². The zero-order valence-corrected chi connectivity index (χ0v) is 14.7. The fraction of sp³-hybridized carbons (Fsp3) is 0.571. The second-order valence-corrected chi connectivity index (χ2v) is 5.42. The summed E-state index contributed by atoms with van der Waals surface area (Å²) in [5.74, 6) is -0.0971. The van der Waals surface area contributed by atoms with Gasteiger partial charge in [-0.1, -0.05) is 30.7 Å². The van der Waals surface area contributed by atoms with Crippen LogP contribution in [0.4, 0.5) is 0 Å². The molecule has 0 aromatic carbocycles. The summed E-state index contributed by atoms with van der Waals surface area (Å²) in [5.41, 5.74) is 0. The number of piperazine rings is 1. The molecule has 2 heterocycles. The first-order valence-electron chi connectivity index (χ1n) is 6.71. The van der Waals surface area contributed by atoms with Crippen molar-refractivity contribution in [2.24, 2.45) is 5.92 Å². The fourth-order valence-corrected chi connectivity index (χ4v) is 3.02. The third kappa shape index (κ3) is 3.26. The van der Waals surface area contributed by atoms with Gasteiger partial charge in [-0.3, -0.25) is 4.79 Å². The zero-order valence-electron chi connectivity index (χ0n) is 11.6. The zero-order chi connectivity index (χ0) is 13.4. The molecule has 2 amide bonds. The third-order valence-electron chi connectivity index (χ3n) is 4.01. The van der Waals surface area contributed by atoms with Gasteiger partial charge in [-0.2, -0.15) is 0 Å². The van der Waals surface area contributed by atoms with Crippen LogP contribution in [0.15, 0.2) is 24.3 Å². The Balaban J connectivity index is 0.00000147. The van der Waals surface area contributed by atoms with E-state index >= 15 is 0 Å². The summed E-state index contributed by atoms with van der Waals surface area (Å²) in [4.78, 5) is 25.7. The van der Waals surface area contributed by atoms with Crippen LogP contribution in [-0.2, 0) is 9.59 Å². The quantitative estimate of drug-likeness (QED) is 0.586. The molecular formula is C14H17KN2O3. The Morgan fingerprint density at radius 2 is 2.15 bits per heavy atom. The second kappa shape index (κ2) is 6.85. The van der Waals surface area contributed by atoms with Gasteiger partial charge in [-0.15, -0.1) is 0 Å². The van der Waals surface area contributed by atoms with Gasteiger partial charge in [0.25, 0.3) is 0 Å². The number of nitrogens with zero attached hydrogens (tertiary/aromatic N) is 2. The number of hydrogen-bond donors (Lipinski definition) is 1. The van der Waals surface area contributed by atoms with Gasteiger partial charge in [0.1, 0.15) is 0 Å². The minimum Gasteiger partial charge on any atom is -0.641 e. The molecule has 5 nitrogen and oxygen atoms in total. The van der Waals surface area contributed by atoms with Crippen molar-refractivity contribution in [2.75, 3.05) is 6.54 Å². The molecule has 3 rings (SSSR count). The Morgan fingerprint density at radius 1 is 1.35 bits per heavy atom. The van der Waals surface area contributed by atoms with Crippen LogP contribution < -0.4 is 51.4 Å². The van der Waals surface area contributed by atoms with E-state index in [4.69, 9.17) is 0 Å². The maximum Gasteiger partial charge on any atom is 1.00 e. The molecule has 1 unspecified atom stereocenters. The minimum absolute atomic E-state index is 0. The summed E-state index contributed by atoms with van der Waals surface area (Å²) in [7, 11) is 0. The van der Waals surface area contributed by atoms with E-state index in [1.54, 1.807) is 0 Å². The van der Waals surface area contributed by atoms with Gasteiger partial charge in [0, 0.05) is 13.0 Å². The number of carbonyl (C=O) groups is 2. The smallest absolute Gasteiger partial charge is 0.641 e. The molecule has 0 radical (unpaired) electrons. The van der Waals surface area contributed by atoms with Crippen LogP contribution in [-0.4, -0.2) is 46.6 Å². The topological polar surface area (TPSA) is 71.7 Å². The average Bonchev–Trinajstić information content (AvgIpc) is 2.80. The molecule has 1 aliphatic carbocycles. The van der Waals surface area contributed by atoms with Gasteiger partial charge in [-0.05, 0) is 18.4 Å². The van der Waals surface area contributed by atoms with Crippen molar-refractivity contribution >= 4 is 11.8 Å². The molecule has 6 heteroatoms. The maximum atomic E-state index is 12.3. The number of rotatable bonds is 2. The molecule has 2 fully saturated rings. The van der Waals surface area contributed by atoms with Crippen LogP contribution >= 0.6 is 0 Å². The molecule has 0 saturated carbocycles. The molecule has 3 aliphatic rings. The van der Waals surface area contributed by atoms with Crippen LogP contribution in [0.25, 0.3) is 5.32 Å². The van der Waals surface area contributed by atoms with Gasteiger partial charge in [0.2, 0.25) is 5.91 Å². The van der Waals surface area contributed by atoms with E-state index in [-0.39, 0.29) is 75.7 Å². The molecule has 4 atom stereocenters. The average molecular weight is 300 g/mol. The van der Waals surface area contributed by atoms with Crippen molar-refractivity contribution in [3.63, 3.8) is 0 Å². The largest absolute Gasteiger partial charge is 1.00 e. The Labute approximate surface area is 160 Å². The predicted octanol–water partition coefficient (Wildman–Crippen LogP) is -2.24. The molecular weight excluding hydrogens is 283 g/mol. The summed E-state index contributed by atoms with van der Waals surface area (Å²) in [6, 6.07) is -1.10. The second-order valence-electron chi connectivity index (χ2n) is 5.42. The number of aliphatic hydroxyl groups excluding tert-OH is 1. The molecule has 0 spiro atoms. The van der Waals surface area contributed by atoms with E-state index in [1.807, 2.05) is 12.2 Å². The standard InChI is InChI=1S/C14H18N2O3.K/c17-10-7-12-13(18)15-11(14(19)16(12)8-10)6-9-4-2-1-3-5-9;/h1-4,9-12,17H,5-8H2,(H,15,18);/q;+1/p-1/t9?,10-,11+,12+;/m1./s1. The summed E-state index contributed by atoms with van der Waals surface area (Å²) in [6.45, 7) is 0.266. The first kappa shape index (κ1) is 16.4. The summed E-state index contributed by atoms with van der Waals surface area (Å²) >= 11 is 0. The van der Waals surface area contributed by atoms with Gasteiger partial charge >= 0.3 is 51.4 Å². The van der Waals surface area contributed by atoms with Crippen molar-refractivity contribution < 1.29 is 66.1 Å². The fourth-order valence-electron chi connectivity index (χ4n) is 3.02. The maximum absolute atomic E-state index is 12.3. The molecule has 0 aromatic heterocycles. The monoisotopic (exact) mass is 300 g/mol. The van der Waals surface area contributed by atoms with Gasteiger partial charge in [0.05, 0.1) is 18.1 Å². The van der Waals surface area contributed by atoms with Gasteiger partial charge in [0.15, 0.2) is 0 Å². The number of carbonyl (C=O) groups excluding carboxylic acids is 2. The van der Waals surface area contributed by atoms with Crippen LogP contribution in [0.3, 0.4) is 0 Å². The molecule has 2 aliphatic heterocycles. The SMILES string of the molecule is O=C1[N-][C@@H](CC2C=CC=CC2)C(=O)N2C[C@H](O)C[C@@H]12.[K+]. The third-order valence-corrected chi connectivity index (χ3v) is 4.01. The van der Waals surface area contributed by atoms with Crippen molar-refractivity contribution in [1.29, 1.82) is 0 Å². The van der Waals surface area contributed by atoms with Crippen LogP contribution in [0.2, 0.25) is 0 Å². The molecule has 102 valence electrons. The predicted molar refractivity (Wildman–Crippen MR) is 69.3 cm³/mol. The van der Waals surface area contributed by atoms with Crippen molar-refractivity contribution in [2.45, 2.75) is 37.5 Å². The van der Waals surface area contributed by atoms with Crippen LogP contribution in [0.5, 0.6) is 0 Å². The molecule has 2 saturated heterocycles. The molecule has 0 bridgehead atoms. The van der Waals surface area contributed by atoms with E-state index < -0.39 is 18.2 Å². The molecule has 20 heavy (non-hydrogen) atoms. The first-order valence-corrected chi connectivity index (χ1v) is 6.71. The summed E-state index contributed by atoms with van der Waals surface area (Å²) in [6.07, 6.45) is 9.25. The van der Waals surface area contributed by atoms with E-state index in [1.165, 1.54) is 4.90 Å². The molecule has 1 N–H and O–H groups in total. The Morgan fingerprint density at radius 3 is 2.85 bits per heavy atom. The van der Waals surface area contributed by atoms with Crippen molar-refractivity contribution in [1.82, 2.24) is 4.90 Å². The van der Waals surface area contributed by atoms with Crippen LogP contribution in [0, 0.1) is 5.92 Å². The number of allylic oxidation sites excluding steroid dienone is 4. The Hall–Kier alpha value is 0.0164. The van der Waals surface area contributed by atoms with E-state index in [2.05, 4.69) is 17.5 Å². The summed E-state index contributed by atoms with van der Waals surface area (Å²) in [5, 5.41) is 13.6. The Kier molecular flexibility index (Phi) is 5.61. The number of amides is 2. The van der Waals surface area contributed by atoms with E-state index in [9.17, 15) is 14.7 Å². The van der Waals surface area contributed by atoms with Crippen molar-refractivity contribution in [3.05, 3.63) is 29.6 Å².